The highest BCUT2D eigenvalue weighted by molar-refractivity contribution is 5.92. The van der Waals surface area contributed by atoms with E-state index in [1.54, 1.807) is 30.3 Å². The summed E-state index contributed by atoms with van der Waals surface area (Å²) in [4.78, 5) is 35.8. The van der Waals surface area contributed by atoms with Crippen molar-refractivity contribution in [3.8, 4) is 0 Å². The monoisotopic (exact) mass is 355 g/mol. The van der Waals surface area contributed by atoms with Gasteiger partial charge in [0.25, 0.3) is 5.56 Å². The number of amides is 1. The first-order valence-electron chi connectivity index (χ1n) is 8.54. The van der Waals surface area contributed by atoms with E-state index < -0.39 is 5.97 Å². The van der Waals surface area contributed by atoms with Crippen LogP contribution in [-0.4, -0.2) is 28.8 Å². The molecule has 0 saturated carbocycles. The number of ether oxygens (including phenoxy) is 1. The molecular formula is C19H21N3O4. The first kappa shape index (κ1) is 17.8. The van der Waals surface area contributed by atoms with Crippen LogP contribution in [0.5, 0.6) is 0 Å². The summed E-state index contributed by atoms with van der Waals surface area (Å²) in [6.45, 7) is 2.01. The summed E-state index contributed by atoms with van der Waals surface area (Å²) in [5, 5.41) is 7.06. The number of carbonyl (C=O) groups excluding carboxylic acids is 2. The smallest absolute Gasteiger partial charge is 0.337 e. The molecule has 3 rings (SSSR count). The maximum atomic E-state index is 12.2. The van der Waals surface area contributed by atoms with E-state index in [0.29, 0.717) is 17.2 Å². The number of hydrogen-bond donors (Lipinski definition) is 1. The zero-order valence-corrected chi connectivity index (χ0v) is 14.8. The number of fused-ring (bicyclic) bond motifs is 1. The Kier molecular flexibility index (Phi) is 5.16. The van der Waals surface area contributed by atoms with Gasteiger partial charge in [0, 0.05) is 11.8 Å². The molecule has 1 N–H and O–H groups in total. The number of carbonyl (C=O) groups is 2. The lowest BCUT2D eigenvalue weighted by Crippen LogP contribution is -2.32. The average Bonchev–Trinajstić information content (AvgIpc) is 2.62. The minimum absolute atomic E-state index is 0.152. The Balaban J connectivity index is 1.68. The third-order valence-corrected chi connectivity index (χ3v) is 4.49. The number of benzene rings is 1. The van der Waals surface area contributed by atoms with Crippen molar-refractivity contribution in [2.45, 2.75) is 32.7 Å². The van der Waals surface area contributed by atoms with E-state index in [9.17, 15) is 14.4 Å². The summed E-state index contributed by atoms with van der Waals surface area (Å²) in [5.41, 5.74) is 2.55. The summed E-state index contributed by atoms with van der Waals surface area (Å²) in [6.07, 6.45) is 2.72. The minimum atomic E-state index is -0.443. The number of nitrogens with zero attached hydrogens (tertiary/aromatic N) is 2. The van der Waals surface area contributed by atoms with E-state index >= 15 is 0 Å². The molecule has 1 atom stereocenters. The number of esters is 1. The Morgan fingerprint density at radius 1 is 1.31 bits per heavy atom. The summed E-state index contributed by atoms with van der Waals surface area (Å²) in [7, 11) is 1.31. The highest BCUT2D eigenvalue weighted by Crippen LogP contribution is 2.22. The predicted molar refractivity (Wildman–Crippen MR) is 96.1 cm³/mol. The normalized spacial score (nSPS) is 15.8. The van der Waals surface area contributed by atoms with Gasteiger partial charge < -0.3 is 10.1 Å². The standard InChI is InChI=1S/C19H21N3O4/c1-12-3-8-16-14(9-12)10-18(24)22(21-16)11-17(23)20-15-6-4-13(5-7-15)19(25)26-2/h4-7,10,12H,3,8-9,11H2,1-2H3,(H,20,23). The number of aromatic nitrogens is 2. The zero-order chi connectivity index (χ0) is 18.7. The molecule has 26 heavy (non-hydrogen) atoms. The molecule has 0 bridgehead atoms. The van der Waals surface area contributed by atoms with E-state index in [2.05, 4.69) is 22.1 Å². The SMILES string of the molecule is COC(=O)c1ccc(NC(=O)Cn2nc3c(cc2=O)CC(C)CC3)cc1. The fraction of sp³-hybridized carbons (Fsp3) is 0.368. The second-order valence-electron chi connectivity index (χ2n) is 6.58. The quantitative estimate of drug-likeness (QED) is 0.845. The molecule has 1 aliphatic carbocycles. The molecule has 0 aliphatic heterocycles. The third kappa shape index (κ3) is 3.99. The first-order chi connectivity index (χ1) is 12.5. The van der Waals surface area contributed by atoms with Gasteiger partial charge in [0.1, 0.15) is 6.54 Å². The summed E-state index contributed by atoms with van der Waals surface area (Å²) in [5.74, 6) is -0.243. The van der Waals surface area contributed by atoms with E-state index in [-0.39, 0.29) is 18.0 Å². The molecule has 0 spiro atoms. The molecule has 1 aromatic heterocycles. The molecule has 1 unspecified atom stereocenters. The third-order valence-electron chi connectivity index (χ3n) is 4.49. The number of aryl methyl sites for hydroxylation is 1. The van der Waals surface area contributed by atoms with Crippen LogP contribution < -0.4 is 10.9 Å². The lowest BCUT2D eigenvalue weighted by atomic mass is 9.88. The van der Waals surface area contributed by atoms with E-state index in [1.807, 2.05) is 0 Å². The number of anilines is 1. The molecule has 7 heteroatoms. The Labute approximate surface area is 151 Å². The predicted octanol–water partition coefficient (Wildman–Crippen LogP) is 1.79. The number of hydrogen-bond acceptors (Lipinski definition) is 5. The molecule has 0 fully saturated rings. The minimum Gasteiger partial charge on any atom is -0.465 e. The van der Waals surface area contributed by atoms with Crippen molar-refractivity contribution in [2.75, 3.05) is 12.4 Å². The zero-order valence-electron chi connectivity index (χ0n) is 14.8. The molecule has 0 radical (unpaired) electrons. The van der Waals surface area contributed by atoms with Crippen molar-refractivity contribution < 1.29 is 14.3 Å². The summed E-state index contributed by atoms with van der Waals surface area (Å²) in [6, 6.07) is 7.93. The van der Waals surface area contributed by atoms with Crippen molar-refractivity contribution in [1.29, 1.82) is 0 Å². The second-order valence-corrected chi connectivity index (χ2v) is 6.58. The molecule has 0 saturated heterocycles. The van der Waals surface area contributed by atoms with Crippen LogP contribution in [0.3, 0.4) is 0 Å². The van der Waals surface area contributed by atoms with Crippen LogP contribution in [0.2, 0.25) is 0 Å². The van der Waals surface area contributed by atoms with Gasteiger partial charge in [0.15, 0.2) is 0 Å². The van der Waals surface area contributed by atoms with Crippen LogP contribution in [-0.2, 0) is 28.9 Å². The van der Waals surface area contributed by atoms with Crippen molar-refractivity contribution in [3.63, 3.8) is 0 Å². The van der Waals surface area contributed by atoms with Crippen LogP contribution in [0, 0.1) is 5.92 Å². The highest BCUT2D eigenvalue weighted by atomic mass is 16.5. The summed E-state index contributed by atoms with van der Waals surface area (Å²) >= 11 is 0. The van der Waals surface area contributed by atoms with Gasteiger partial charge in [-0.1, -0.05) is 6.92 Å². The van der Waals surface area contributed by atoms with E-state index in [4.69, 9.17) is 0 Å². The maximum absolute atomic E-state index is 12.2. The van der Waals surface area contributed by atoms with Gasteiger partial charge in [-0.3, -0.25) is 9.59 Å². The van der Waals surface area contributed by atoms with Crippen molar-refractivity contribution in [1.82, 2.24) is 9.78 Å². The number of rotatable bonds is 4. The van der Waals surface area contributed by atoms with Crippen molar-refractivity contribution in [3.05, 3.63) is 57.5 Å². The first-order valence-corrected chi connectivity index (χ1v) is 8.54. The lowest BCUT2D eigenvalue weighted by Gasteiger charge is -2.20. The Morgan fingerprint density at radius 3 is 2.73 bits per heavy atom. The van der Waals surface area contributed by atoms with Gasteiger partial charge in [0.05, 0.1) is 18.4 Å². The second kappa shape index (κ2) is 7.51. The van der Waals surface area contributed by atoms with Crippen LogP contribution >= 0.6 is 0 Å². The van der Waals surface area contributed by atoms with Gasteiger partial charge in [0.2, 0.25) is 5.91 Å². The molecular weight excluding hydrogens is 334 g/mol. The number of methoxy groups -OCH3 is 1. The van der Waals surface area contributed by atoms with Crippen LogP contribution in [0.1, 0.15) is 35.0 Å². The Bertz CT molecular complexity index is 887. The molecule has 136 valence electrons. The molecule has 1 heterocycles. The molecule has 1 aromatic carbocycles. The van der Waals surface area contributed by atoms with E-state index in [0.717, 1.165) is 30.5 Å². The van der Waals surface area contributed by atoms with Gasteiger partial charge >= 0.3 is 5.97 Å². The van der Waals surface area contributed by atoms with E-state index in [1.165, 1.54) is 11.8 Å². The van der Waals surface area contributed by atoms with Crippen LogP contribution in [0.4, 0.5) is 5.69 Å². The van der Waals surface area contributed by atoms with Crippen LogP contribution in [0.15, 0.2) is 35.1 Å². The highest BCUT2D eigenvalue weighted by Gasteiger charge is 2.18. The van der Waals surface area contributed by atoms with Crippen molar-refractivity contribution in [2.24, 2.45) is 5.92 Å². The largest absolute Gasteiger partial charge is 0.465 e. The molecule has 1 amide bonds. The van der Waals surface area contributed by atoms with Gasteiger partial charge in [-0.15, -0.1) is 0 Å². The fourth-order valence-electron chi connectivity index (χ4n) is 3.07. The Morgan fingerprint density at radius 2 is 2.04 bits per heavy atom. The molecule has 2 aromatic rings. The van der Waals surface area contributed by atoms with Crippen molar-refractivity contribution >= 4 is 17.6 Å². The average molecular weight is 355 g/mol. The number of nitrogens with one attached hydrogen (secondary N) is 1. The maximum Gasteiger partial charge on any atom is 0.337 e. The molecule has 1 aliphatic rings. The molecule has 7 nitrogen and oxygen atoms in total. The van der Waals surface area contributed by atoms with Gasteiger partial charge in [-0.05, 0) is 55.0 Å². The summed E-state index contributed by atoms with van der Waals surface area (Å²) < 4.78 is 5.83. The van der Waals surface area contributed by atoms with Crippen LogP contribution in [0.25, 0.3) is 0 Å². The fourth-order valence-corrected chi connectivity index (χ4v) is 3.07. The van der Waals surface area contributed by atoms with Gasteiger partial charge in [-0.25, -0.2) is 9.48 Å². The lowest BCUT2D eigenvalue weighted by molar-refractivity contribution is -0.117. The Hall–Kier alpha value is -2.96. The topological polar surface area (TPSA) is 90.3 Å². The van der Waals surface area contributed by atoms with Gasteiger partial charge in [-0.2, -0.15) is 5.10 Å².